The van der Waals surface area contributed by atoms with E-state index in [1.165, 1.54) is 65.9 Å². The van der Waals surface area contributed by atoms with Crippen LogP contribution in [0.1, 0.15) is 25.0 Å². The smallest absolute Gasteiger partial charge is 0.160 e. The second-order valence-electron chi connectivity index (χ2n) is 15.7. The zero-order chi connectivity index (χ0) is 38.1. The van der Waals surface area contributed by atoms with E-state index in [-0.39, 0.29) is 5.41 Å². The summed E-state index contributed by atoms with van der Waals surface area (Å²) in [6.07, 6.45) is 0. The van der Waals surface area contributed by atoms with Crippen LogP contribution in [0, 0.1) is 0 Å². The summed E-state index contributed by atoms with van der Waals surface area (Å²) in [5, 5.41) is 7.38. The Balaban J connectivity index is 1.08. The van der Waals surface area contributed by atoms with E-state index in [4.69, 9.17) is 9.97 Å². The molecule has 0 atom stereocenters. The summed E-state index contributed by atoms with van der Waals surface area (Å²) in [6, 6.07) is 70.2. The maximum Gasteiger partial charge on any atom is 0.160 e. The minimum Gasteiger partial charge on any atom is -0.228 e. The van der Waals surface area contributed by atoms with Crippen molar-refractivity contribution in [1.82, 2.24) is 9.97 Å². The lowest BCUT2D eigenvalue weighted by atomic mass is 9.81. The molecule has 0 radical (unpaired) electrons. The molecule has 2 nitrogen and oxygen atoms in total. The van der Waals surface area contributed by atoms with Gasteiger partial charge in [-0.15, -0.1) is 0 Å². The van der Waals surface area contributed by atoms with Crippen molar-refractivity contribution in [3.05, 3.63) is 205 Å². The summed E-state index contributed by atoms with van der Waals surface area (Å²) in [6.45, 7) is 4.74. The predicted molar refractivity (Wildman–Crippen MR) is 239 cm³/mol. The quantitative estimate of drug-likeness (QED) is 0.176. The van der Waals surface area contributed by atoms with Crippen molar-refractivity contribution in [2.75, 3.05) is 0 Å². The molecule has 0 unspecified atom stereocenters. The van der Waals surface area contributed by atoms with Crippen molar-refractivity contribution >= 4 is 32.3 Å². The van der Waals surface area contributed by atoms with Gasteiger partial charge >= 0.3 is 0 Å². The van der Waals surface area contributed by atoms with Gasteiger partial charge in [-0.3, -0.25) is 0 Å². The van der Waals surface area contributed by atoms with Gasteiger partial charge in [-0.1, -0.05) is 184 Å². The molecule has 1 aliphatic rings. The zero-order valence-electron chi connectivity index (χ0n) is 31.9. The fourth-order valence-electron chi connectivity index (χ4n) is 9.20. The molecule has 0 amide bonds. The van der Waals surface area contributed by atoms with E-state index < -0.39 is 0 Å². The minimum absolute atomic E-state index is 0.117. The van der Waals surface area contributed by atoms with Crippen LogP contribution in [0.2, 0.25) is 0 Å². The predicted octanol–water partition coefficient (Wildman–Crippen LogP) is 14.6. The standard InChI is InChI=1S/C55H38N2/c1-55(2)50-33-39(27-28-46(50)49-31-37-18-6-7-19-38(37)32-51(49)55)41-29-30-48(45-24-11-10-22-42(41)45)53-34-52(56-54(57-53)36-16-4-3-5-17-36)47-25-13-12-23-44(47)43-26-14-20-35-15-8-9-21-40(35)43/h3-34H,1-2H3. The maximum absolute atomic E-state index is 5.31. The van der Waals surface area contributed by atoms with E-state index in [1.807, 2.05) is 6.07 Å². The maximum atomic E-state index is 5.31. The summed E-state index contributed by atoms with van der Waals surface area (Å²) in [4.78, 5) is 10.6. The SMILES string of the molecule is CC1(C)c2cc(-c3ccc(-c4cc(-c5ccccc5-c5cccc6ccccc56)nc(-c5ccccc5)n4)c4ccccc34)ccc2-c2cc3ccccc3cc21. The van der Waals surface area contributed by atoms with Gasteiger partial charge in [0.25, 0.3) is 0 Å². The van der Waals surface area contributed by atoms with Gasteiger partial charge in [-0.25, -0.2) is 9.97 Å². The lowest BCUT2D eigenvalue weighted by molar-refractivity contribution is 0.661. The molecule has 0 N–H and O–H groups in total. The number of nitrogens with zero attached hydrogens (tertiary/aromatic N) is 2. The van der Waals surface area contributed by atoms with Crippen molar-refractivity contribution in [3.8, 4) is 67.3 Å². The Hall–Kier alpha value is -7.16. The van der Waals surface area contributed by atoms with Gasteiger partial charge in [0.15, 0.2) is 5.82 Å². The molecule has 1 heterocycles. The van der Waals surface area contributed by atoms with Crippen LogP contribution in [0.5, 0.6) is 0 Å². The highest BCUT2D eigenvalue weighted by molar-refractivity contribution is 6.06. The van der Waals surface area contributed by atoms with Gasteiger partial charge in [0.1, 0.15) is 0 Å². The van der Waals surface area contributed by atoms with Crippen LogP contribution < -0.4 is 0 Å². The van der Waals surface area contributed by atoms with Crippen molar-refractivity contribution in [1.29, 1.82) is 0 Å². The Morgan fingerprint density at radius 1 is 0.316 bits per heavy atom. The fraction of sp³-hybridized carbons (Fsp3) is 0.0545. The average Bonchev–Trinajstić information content (AvgIpc) is 3.49. The van der Waals surface area contributed by atoms with E-state index in [1.54, 1.807) is 0 Å². The van der Waals surface area contributed by atoms with Gasteiger partial charge in [0.2, 0.25) is 0 Å². The van der Waals surface area contributed by atoms with Crippen LogP contribution in [-0.4, -0.2) is 9.97 Å². The Kier molecular flexibility index (Phi) is 7.55. The molecule has 1 aliphatic carbocycles. The van der Waals surface area contributed by atoms with Gasteiger partial charge in [0, 0.05) is 22.1 Å². The monoisotopic (exact) mass is 726 g/mol. The van der Waals surface area contributed by atoms with Gasteiger partial charge in [-0.05, 0) is 101 Å². The summed E-state index contributed by atoms with van der Waals surface area (Å²) in [7, 11) is 0. The van der Waals surface area contributed by atoms with E-state index in [2.05, 4.69) is 202 Å². The number of benzene rings is 9. The van der Waals surface area contributed by atoms with Crippen LogP contribution in [0.4, 0.5) is 0 Å². The number of hydrogen-bond donors (Lipinski definition) is 0. The summed E-state index contributed by atoms with van der Waals surface area (Å²) in [5.74, 6) is 0.706. The lowest BCUT2D eigenvalue weighted by Gasteiger charge is -2.22. The highest BCUT2D eigenvalue weighted by Crippen LogP contribution is 2.51. The molecule has 0 bridgehead atoms. The van der Waals surface area contributed by atoms with Gasteiger partial charge in [-0.2, -0.15) is 0 Å². The largest absolute Gasteiger partial charge is 0.228 e. The van der Waals surface area contributed by atoms with E-state index in [0.717, 1.165) is 39.0 Å². The third kappa shape index (κ3) is 5.40. The highest BCUT2D eigenvalue weighted by Gasteiger charge is 2.36. The second-order valence-corrected chi connectivity index (χ2v) is 15.7. The van der Waals surface area contributed by atoms with Crippen molar-refractivity contribution in [2.24, 2.45) is 0 Å². The fourth-order valence-corrected chi connectivity index (χ4v) is 9.20. The summed E-state index contributed by atoms with van der Waals surface area (Å²) < 4.78 is 0. The number of aromatic nitrogens is 2. The molecular formula is C55H38N2. The van der Waals surface area contributed by atoms with Crippen molar-refractivity contribution in [2.45, 2.75) is 19.3 Å². The van der Waals surface area contributed by atoms with Crippen LogP contribution in [0.3, 0.4) is 0 Å². The number of rotatable bonds is 5. The molecule has 57 heavy (non-hydrogen) atoms. The van der Waals surface area contributed by atoms with Crippen LogP contribution in [0.15, 0.2) is 194 Å². The highest BCUT2D eigenvalue weighted by atomic mass is 14.9. The molecule has 0 saturated heterocycles. The van der Waals surface area contributed by atoms with Crippen LogP contribution >= 0.6 is 0 Å². The van der Waals surface area contributed by atoms with E-state index in [0.29, 0.717) is 5.82 Å². The molecule has 11 rings (SSSR count). The zero-order valence-corrected chi connectivity index (χ0v) is 31.9. The molecule has 2 heteroatoms. The minimum atomic E-state index is -0.117. The van der Waals surface area contributed by atoms with Crippen molar-refractivity contribution < 1.29 is 0 Å². The Morgan fingerprint density at radius 2 is 0.860 bits per heavy atom. The lowest BCUT2D eigenvalue weighted by Crippen LogP contribution is -2.15. The average molecular weight is 727 g/mol. The molecule has 0 spiro atoms. The second kappa shape index (κ2) is 13.0. The molecular weight excluding hydrogens is 689 g/mol. The first-order valence-corrected chi connectivity index (χ1v) is 19.7. The van der Waals surface area contributed by atoms with Crippen LogP contribution in [-0.2, 0) is 5.41 Å². The molecule has 268 valence electrons. The van der Waals surface area contributed by atoms with Crippen molar-refractivity contribution in [3.63, 3.8) is 0 Å². The molecule has 1 aromatic heterocycles. The Morgan fingerprint density at radius 3 is 1.65 bits per heavy atom. The molecule has 9 aromatic carbocycles. The first-order valence-electron chi connectivity index (χ1n) is 19.7. The summed E-state index contributed by atoms with van der Waals surface area (Å²) >= 11 is 0. The molecule has 10 aromatic rings. The Labute approximate surface area is 332 Å². The molecule has 0 aliphatic heterocycles. The third-order valence-electron chi connectivity index (χ3n) is 12.1. The van der Waals surface area contributed by atoms with Crippen LogP contribution in [0.25, 0.3) is 99.6 Å². The Bertz CT molecular complexity index is 3210. The normalized spacial score (nSPS) is 12.9. The van der Waals surface area contributed by atoms with Gasteiger partial charge in [0.05, 0.1) is 11.4 Å². The van der Waals surface area contributed by atoms with Gasteiger partial charge < -0.3 is 0 Å². The third-order valence-corrected chi connectivity index (χ3v) is 12.1. The topological polar surface area (TPSA) is 25.8 Å². The molecule has 0 saturated carbocycles. The number of hydrogen-bond acceptors (Lipinski definition) is 2. The number of fused-ring (bicyclic) bond motifs is 6. The van der Waals surface area contributed by atoms with E-state index in [9.17, 15) is 0 Å². The first-order chi connectivity index (χ1) is 28.0. The first kappa shape index (κ1) is 33.2. The molecule has 0 fully saturated rings. The van der Waals surface area contributed by atoms with E-state index >= 15 is 0 Å². The summed E-state index contributed by atoms with van der Waals surface area (Å²) in [5.41, 5.74) is 15.0.